The van der Waals surface area contributed by atoms with Crippen LogP contribution in [0.1, 0.15) is 22.8 Å². The lowest BCUT2D eigenvalue weighted by Crippen LogP contribution is -2.04. The van der Waals surface area contributed by atoms with E-state index >= 15 is 0 Å². The second-order valence-electron chi connectivity index (χ2n) is 7.06. The number of benzene rings is 2. The van der Waals surface area contributed by atoms with Gasteiger partial charge in [0.1, 0.15) is 5.69 Å². The molecule has 0 saturated heterocycles. The van der Waals surface area contributed by atoms with E-state index in [4.69, 9.17) is 20.1 Å². The molecule has 0 unspecified atom stereocenters. The normalized spacial score (nSPS) is 10.0. The molecule has 0 aliphatic carbocycles. The molecule has 0 aliphatic rings. The molecule has 0 atom stereocenters. The molecule has 7 nitrogen and oxygen atoms in total. The lowest BCUT2D eigenvalue weighted by atomic mass is 9.98. The number of hydrogen-bond acceptors (Lipinski definition) is 7. The third-order valence-corrected chi connectivity index (χ3v) is 5.12. The van der Waals surface area contributed by atoms with E-state index in [2.05, 4.69) is 10.3 Å². The highest BCUT2D eigenvalue weighted by Crippen LogP contribution is 2.36. The minimum atomic E-state index is -0.0962. The molecule has 2 N–H and O–H groups in total. The van der Waals surface area contributed by atoms with E-state index in [1.807, 2.05) is 54.7 Å². The minimum absolute atomic E-state index is 0.0962. The maximum Gasteiger partial charge on any atom is 0.176 e. The van der Waals surface area contributed by atoms with Gasteiger partial charge < -0.3 is 15.2 Å². The quantitative estimate of drug-likeness (QED) is 0.261. The number of hydrogen-bond donors (Lipinski definition) is 2. The number of nitrogens with zero attached hydrogens (tertiary/aromatic N) is 3. The number of nitrogens with one attached hydrogen (secondary N) is 1. The van der Waals surface area contributed by atoms with E-state index < -0.39 is 0 Å². The molecular weight excluding hydrogens is 416 g/mol. The van der Waals surface area contributed by atoms with Gasteiger partial charge in [-0.2, -0.15) is 5.26 Å². The predicted molar refractivity (Wildman–Crippen MR) is 128 cm³/mol. The number of rotatable bonds is 6. The topological polar surface area (TPSA) is 108 Å². The number of fused-ring (bicyclic) bond motifs is 1. The van der Waals surface area contributed by atoms with Gasteiger partial charge in [-0.3, -0.25) is 9.78 Å². The molecular formula is C26H24N4O3. The highest BCUT2D eigenvalue weighted by Gasteiger charge is 2.20. The van der Waals surface area contributed by atoms with Crippen LogP contribution in [0.25, 0.3) is 33.3 Å². The zero-order valence-electron chi connectivity index (χ0n) is 18.7. The Morgan fingerprint density at radius 2 is 1.64 bits per heavy atom. The van der Waals surface area contributed by atoms with Crippen molar-refractivity contribution < 1.29 is 14.6 Å². The molecule has 2 heterocycles. The molecule has 0 radical (unpaired) electrons. The number of aromatic nitrogens is 2. The van der Waals surface area contributed by atoms with E-state index in [0.29, 0.717) is 34.5 Å². The maximum absolute atomic E-state index is 12.4. The summed E-state index contributed by atoms with van der Waals surface area (Å²) in [6.45, 7) is 2.03. The Morgan fingerprint density at radius 1 is 1.03 bits per heavy atom. The summed E-state index contributed by atoms with van der Waals surface area (Å²) in [4.78, 5) is 21.3. The summed E-state index contributed by atoms with van der Waals surface area (Å²) in [6.07, 6.45) is 5.23. The summed E-state index contributed by atoms with van der Waals surface area (Å²) in [6, 6.07) is 17.8. The van der Waals surface area contributed by atoms with Gasteiger partial charge >= 0.3 is 0 Å². The standard InChI is InChI=1S/C25H20N4O2.CH4O/c1-16(30)23-21-14-27-12-11-22(21)29-24(25(23)31-2)20-9-7-19(8-10-20)18-5-3-17(4-6-18)13-28-15-26;1-2/h3-12,14,28H,13H2,1-2H3;2H,1H3. The van der Waals surface area contributed by atoms with E-state index in [9.17, 15) is 4.79 Å². The van der Waals surface area contributed by atoms with Crippen LogP contribution in [0.4, 0.5) is 0 Å². The number of carbonyl (C=O) groups excluding carboxylic acids is 1. The van der Waals surface area contributed by atoms with Crippen LogP contribution in [0, 0.1) is 11.5 Å². The van der Waals surface area contributed by atoms with Crippen LogP contribution in [0.15, 0.2) is 67.0 Å². The van der Waals surface area contributed by atoms with Crippen molar-refractivity contribution in [2.45, 2.75) is 13.5 Å². The summed E-state index contributed by atoms with van der Waals surface area (Å²) >= 11 is 0. The average molecular weight is 441 g/mol. The van der Waals surface area contributed by atoms with Crippen molar-refractivity contribution in [3.05, 3.63) is 78.1 Å². The Hall–Kier alpha value is -4.28. The van der Waals surface area contributed by atoms with Crippen LogP contribution >= 0.6 is 0 Å². The van der Waals surface area contributed by atoms with Crippen molar-refractivity contribution in [1.82, 2.24) is 15.3 Å². The van der Waals surface area contributed by atoms with Crippen molar-refractivity contribution in [1.29, 1.82) is 5.26 Å². The van der Waals surface area contributed by atoms with Gasteiger partial charge in [-0.15, -0.1) is 0 Å². The molecule has 0 fully saturated rings. The number of aliphatic hydroxyl groups is 1. The Bertz CT molecular complexity index is 1290. The molecule has 33 heavy (non-hydrogen) atoms. The van der Waals surface area contributed by atoms with Gasteiger partial charge in [0.15, 0.2) is 17.7 Å². The van der Waals surface area contributed by atoms with Gasteiger partial charge in [0, 0.05) is 37.0 Å². The predicted octanol–water partition coefficient (Wildman–Crippen LogP) is 4.35. The summed E-state index contributed by atoms with van der Waals surface area (Å²) in [5.74, 6) is 0.358. The molecule has 0 spiro atoms. The van der Waals surface area contributed by atoms with Crippen LogP contribution in [0.5, 0.6) is 5.75 Å². The molecule has 166 valence electrons. The van der Waals surface area contributed by atoms with Gasteiger partial charge in [0.2, 0.25) is 0 Å². The zero-order valence-corrected chi connectivity index (χ0v) is 18.7. The number of ether oxygens (including phenoxy) is 1. The third kappa shape index (κ3) is 4.97. The molecule has 0 amide bonds. The van der Waals surface area contributed by atoms with Gasteiger partial charge in [-0.25, -0.2) is 4.98 Å². The third-order valence-electron chi connectivity index (χ3n) is 5.12. The van der Waals surface area contributed by atoms with Crippen molar-refractivity contribution >= 4 is 16.7 Å². The molecule has 4 aromatic rings. The fraction of sp³-hybridized carbons (Fsp3) is 0.154. The first-order chi connectivity index (χ1) is 16.1. The monoisotopic (exact) mass is 440 g/mol. The number of methoxy groups -OCH3 is 1. The Kier molecular flexibility index (Phi) is 7.68. The first-order valence-corrected chi connectivity index (χ1v) is 10.2. The Morgan fingerprint density at radius 3 is 2.21 bits per heavy atom. The first kappa shape index (κ1) is 23.4. The van der Waals surface area contributed by atoms with Gasteiger partial charge in [-0.1, -0.05) is 48.5 Å². The van der Waals surface area contributed by atoms with E-state index in [-0.39, 0.29) is 5.78 Å². The van der Waals surface area contributed by atoms with E-state index in [1.54, 1.807) is 25.6 Å². The van der Waals surface area contributed by atoms with Gasteiger partial charge in [0.05, 0.1) is 18.2 Å². The second kappa shape index (κ2) is 10.8. The lowest BCUT2D eigenvalue weighted by molar-refractivity contribution is 0.101. The van der Waals surface area contributed by atoms with Crippen molar-refractivity contribution in [2.24, 2.45) is 0 Å². The molecule has 0 aliphatic heterocycles. The summed E-state index contributed by atoms with van der Waals surface area (Å²) < 4.78 is 5.62. The van der Waals surface area contributed by atoms with Crippen LogP contribution in [0.3, 0.4) is 0 Å². The van der Waals surface area contributed by atoms with Crippen LogP contribution in [0.2, 0.25) is 0 Å². The SMILES string of the molecule is CO.COc1c(-c2ccc(-c3ccc(CNC#N)cc3)cc2)nc2ccncc2c1C(C)=O. The highest BCUT2D eigenvalue weighted by atomic mass is 16.5. The summed E-state index contributed by atoms with van der Waals surface area (Å²) in [5.41, 5.74) is 5.83. The average Bonchev–Trinajstić information content (AvgIpc) is 2.87. The van der Waals surface area contributed by atoms with Gasteiger partial charge in [0.25, 0.3) is 0 Å². The largest absolute Gasteiger partial charge is 0.494 e. The minimum Gasteiger partial charge on any atom is -0.494 e. The fourth-order valence-corrected chi connectivity index (χ4v) is 3.61. The van der Waals surface area contributed by atoms with Crippen molar-refractivity contribution in [3.8, 4) is 34.3 Å². The number of carbonyl (C=O) groups is 1. The highest BCUT2D eigenvalue weighted by molar-refractivity contribution is 6.10. The number of pyridine rings is 2. The Labute approximate surface area is 192 Å². The number of nitriles is 1. The number of ketones is 1. The molecule has 0 bridgehead atoms. The lowest BCUT2D eigenvalue weighted by Gasteiger charge is -2.14. The molecule has 2 aromatic heterocycles. The number of aliphatic hydroxyl groups excluding tert-OH is 1. The summed E-state index contributed by atoms with van der Waals surface area (Å²) in [7, 11) is 2.55. The Balaban J connectivity index is 0.00000149. The molecule has 4 rings (SSSR count). The van der Waals surface area contributed by atoms with E-state index in [0.717, 1.165) is 29.4 Å². The van der Waals surface area contributed by atoms with Crippen LogP contribution in [-0.4, -0.2) is 35.1 Å². The summed E-state index contributed by atoms with van der Waals surface area (Å²) in [5, 5.41) is 18.9. The number of Topliss-reactive ketones (excluding diaryl/α,β-unsaturated/α-hetero) is 1. The van der Waals surface area contributed by atoms with Crippen LogP contribution < -0.4 is 10.1 Å². The zero-order chi connectivity index (χ0) is 23.8. The van der Waals surface area contributed by atoms with E-state index in [1.165, 1.54) is 6.92 Å². The van der Waals surface area contributed by atoms with Crippen molar-refractivity contribution in [2.75, 3.05) is 14.2 Å². The molecule has 2 aromatic carbocycles. The second-order valence-corrected chi connectivity index (χ2v) is 7.06. The molecule has 7 heteroatoms. The van der Waals surface area contributed by atoms with Gasteiger partial charge in [-0.05, 0) is 29.7 Å². The van der Waals surface area contributed by atoms with Crippen molar-refractivity contribution in [3.63, 3.8) is 0 Å². The van der Waals surface area contributed by atoms with Crippen LogP contribution in [-0.2, 0) is 6.54 Å². The fourth-order valence-electron chi connectivity index (χ4n) is 3.61. The first-order valence-electron chi connectivity index (χ1n) is 10.2. The maximum atomic E-state index is 12.4. The molecule has 0 saturated carbocycles. The smallest absolute Gasteiger partial charge is 0.176 e.